The summed E-state index contributed by atoms with van der Waals surface area (Å²) >= 11 is 1.64. The molecule has 5 rings (SSSR count). The summed E-state index contributed by atoms with van der Waals surface area (Å²) in [6.45, 7) is 5.99. The Hall–Kier alpha value is -3.31. The van der Waals surface area contributed by atoms with Crippen molar-refractivity contribution in [3.63, 3.8) is 0 Å². The van der Waals surface area contributed by atoms with Gasteiger partial charge in [0.25, 0.3) is 0 Å². The van der Waals surface area contributed by atoms with Crippen LogP contribution in [0.1, 0.15) is 63.4 Å². The number of unbranched alkanes of at least 4 members (excludes halogenated alkanes) is 2. The number of nitrogens with one attached hydrogen (secondary N) is 1. The molecule has 6 atom stereocenters. The largest absolute Gasteiger partial charge is 0.508 e. The first-order valence-corrected chi connectivity index (χ1v) is 17.1. The van der Waals surface area contributed by atoms with Gasteiger partial charge in [-0.1, -0.05) is 30.1 Å². The van der Waals surface area contributed by atoms with Crippen molar-refractivity contribution in [2.45, 2.75) is 73.7 Å². The molecule has 2 aromatic rings. The molecule has 46 heavy (non-hydrogen) atoms. The lowest BCUT2D eigenvalue weighted by Gasteiger charge is -2.58. The molecule has 1 saturated carbocycles. The monoisotopic (exact) mass is 650 g/mol. The fraction of sp³-hybridized carbons (Fsp3) is 0.500. The summed E-state index contributed by atoms with van der Waals surface area (Å²) < 4.78 is 13.9. The molecule has 2 aliphatic carbocycles. The first-order chi connectivity index (χ1) is 22.3. The Morgan fingerprint density at radius 1 is 1.13 bits per heavy atom. The van der Waals surface area contributed by atoms with Crippen LogP contribution in [0.25, 0.3) is 0 Å². The van der Waals surface area contributed by atoms with Gasteiger partial charge in [0.15, 0.2) is 0 Å². The van der Waals surface area contributed by atoms with Crippen LogP contribution < -0.4 is 10.1 Å². The van der Waals surface area contributed by atoms with Crippen molar-refractivity contribution in [1.82, 2.24) is 0 Å². The Morgan fingerprint density at radius 2 is 1.87 bits per heavy atom. The lowest BCUT2D eigenvalue weighted by atomic mass is 9.56. The average molecular weight is 651 g/mol. The second kappa shape index (κ2) is 15.5. The molecule has 0 spiro atoms. The number of thioether (sulfide) groups is 1. The van der Waals surface area contributed by atoms with E-state index in [1.807, 2.05) is 36.4 Å². The zero-order chi connectivity index (χ0) is 32.7. The van der Waals surface area contributed by atoms with Crippen molar-refractivity contribution in [2.24, 2.45) is 22.9 Å². The van der Waals surface area contributed by atoms with Gasteiger partial charge in [-0.05, 0) is 85.6 Å². The Balaban J connectivity index is 1.67. The van der Waals surface area contributed by atoms with Crippen molar-refractivity contribution in [1.29, 1.82) is 0 Å². The highest BCUT2D eigenvalue weighted by Gasteiger charge is 2.64. The number of oxime groups is 1. The number of carbonyl (C=O) groups is 1. The van der Waals surface area contributed by atoms with Gasteiger partial charge in [0.2, 0.25) is 11.7 Å². The van der Waals surface area contributed by atoms with E-state index in [4.69, 9.17) is 14.3 Å². The third-order valence-electron chi connectivity index (χ3n) is 9.29. The first kappa shape index (κ1) is 34.0. The van der Waals surface area contributed by atoms with Crippen LogP contribution in [-0.4, -0.2) is 64.9 Å². The van der Waals surface area contributed by atoms with Gasteiger partial charge in [-0.3, -0.25) is 4.79 Å². The number of allylic oxidation sites excluding steroid dienone is 1. The number of hydrogen-bond acceptors (Lipinski definition) is 9. The van der Waals surface area contributed by atoms with E-state index in [-0.39, 0.29) is 60.4 Å². The Bertz CT molecular complexity index is 1430. The molecule has 0 aromatic heterocycles. The minimum atomic E-state index is -1.10. The minimum absolute atomic E-state index is 0.0777. The molecule has 9 nitrogen and oxygen atoms in total. The van der Waals surface area contributed by atoms with Crippen molar-refractivity contribution in [3.05, 3.63) is 72.3 Å². The topological polar surface area (TPSA) is 130 Å². The number of amides is 1. The first-order valence-electron chi connectivity index (χ1n) is 16.2. The van der Waals surface area contributed by atoms with Crippen LogP contribution in [0.4, 0.5) is 5.69 Å². The molecule has 0 saturated heterocycles. The van der Waals surface area contributed by atoms with E-state index < -0.39 is 5.79 Å². The lowest BCUT2D eigenvalue weighted by molar-refractivity contribution is -0.223. The number of anilines is 1. The fourth-order valence-electron chi connectivity index (χ4n) is 7.53. The lowest BCUT2D eigenvalue weighted by Crippen LogP contribution is -2.64. The van der Waals surface area contributed by atoms with Crippen molar-refractivity contribution >= 4 is 29.1 Å². The maximum atomic E-state index is 11.6. The number of aliphatic hydroxyl groups excluding tert-OH is 2. The highest BCUT2D eigenvalue weighted by molar-refractivity contribution is 8.00. The standard InChI is InChI=1S/C36H46N2O7S/c1-4-19-44-36-33(46-27-14-11-25(12-15-27)37-23(2)41)22-31(38-43-3)29-20-24(9-5-7-17-39)28(10-6-8-18-40)34(35(29)36)30-21-26(42)13-16-32(30)45-36/h4,11-16,20-21,24,28,33-35,39-40,42H,1,5-10,17-19,22H2,2-3H3,(H,37,41). The van der Waals surface area contributed by atoms with Gasteiger partial charge in [-0.15, -0.1) is 18.3 Å². The quantitative estimate of drug-likeness (QED) is 0.0990. The number of benzene rings is 2. The summed E-state index contributed by atoms with van der Waals surface area (Å²) in [5.41, 5.74) is 3.54. The van der Waals surface area contributed by atoms with Gasteiger partial charge < -0.3 is 34.9 Å². The number of nitrogens with zero attached hydrogens (tertiary/aromatic N) is 1. The van der Waals surface area contributed by atoms with Gasteiger partial charge >= 0.3 is 0 Å². The van der Waals surface area contributed by atoms with E-state index in [1.165, 1.54) is 6.92 Å². The molecule has 1 aliphatic heterocycles. The van der Waals surface area contributed by atoms with E-state index in [2.05, 4.69) is 23.1 Å². The molecule has 6 unspecified atom stereocenters. The van der Waals surface area contributed by atoms with Crippen LogP contribution in [0, 0.1) is 17.8 Å². The predicted octanol–water partition coefficient (Wildman–Crippen LogP) is 6.41. The van der Waals surface area contributed by atoms with E-state index in [1.54, 1.807) is 31.0 Å². The molecule has 1 heterocycles. The van der Waals surface area contributed by atoms with Crippen LogP contribution >= 0.6 is 11.8 Å². The molecule has 4 N–H and O–H groups in total. The van der Waals surface area contributed by atoms with Crippen molar-refractivity contribution in [3.8, 4) is 11.5 Å². The van der Waals surface area contributed by atoms with Gasteiger partial charge in [0.1, 0.15) is 18.6 Å². The third-order valence-corrected chi connectivity index (χ3v) is 10.6. The Labute approximate surface area is 275 Å². The normalized spacial score (nSPS) is 27.2. The Kier molecular flexibility index (Phi) is 11.5. The number of hydrogen-bond donors (Lipinski definition) is 4. The molecule has 0 radical (unpaired) electrons. The fourth-order valence-corrected chi connectivity index (χ4v) is 8.82. The average Bonchev–Trinajstić information content (AvgIpc) is 3.04. The van der Waals surface area contributed by atoms with Crippen LogP contribution in [-0.2, 0) is 14.4 Å². The number of aromatic hydroxyl groups is 1. The summed E-state index contributed by atoms with van der Waals surface area (Å²) in [5.74, 6) is -0.372. The molecule has 248 valence electrons. The van der Waals surface area contributed by atoms with E-state index in [0.717, 1.165) is 59.5 Å². The summed E-state index contributed by atoms with van der Waals surface area (Å²) in [6.07, 6.45) is 9.54. The van der Waals surface area contributed by atoms with E-state index in [0.29, 0.717) is 18.6 Å². The number of ether oxygens (including phenoxy) is 2. The molecule has 1 amide bonds. The smallest absolute Gasteiger partial charge is 0.231 e. The maximum Gasteiger partial charge on any atom is 0.231 e. The second-order valence-electron chi connectivity index (χ2n) is 12.3. The summed E-state index contributed by atoms with van der Waals surface area (Å²) in [6, 6.07) is 13.1. The zero-order valence-electron chi connectivity index (χ0n) is 26.7. The van der Waals surface area contributed by atoms with E-state index in [9.17, 15) is 20.1 Å². The molecular formula is C36H46N2O7S. The number of fused-ring (bicyclic) bond motifs is 2. The van der Waals surface area contributed by atoms with Crippen LogP contribution in [0.2, 0.25) is 0 Å². The second-order valence-corrected chi connectivity index (χ2v) is 13.6. The predicted molar refractivity (Wildman–Crippen MR) is 180 cm³/mol. The zero-order valence-corrected chi connectivity index (χ0v) is 27.5. The van der Waals surface area contributed by atoms with Crippen LogP contribution in [0.15, 0.2) is 76.8 Å². The molecule has 10 heteroatoms. The van der Waals surface area contributed by atoms with Gasteiger partial charge in [-0.25, -0.2) is 0 Å². The highest BCUT2D eigenvalue weighted by atomic mass is 32.2. The number of aliphatic hydroxyl groups is 2. The highest BCUT2D eigenvalue weighted by Crippen LogP contribution is 2.63. The summed E-state index contributed by atoms with van der Waals surface area (Å²) in [5, 5.41) is 37.2. The number of rotatable bonds is 15. The third kappa shape index (κ3) is 7.15. The van der Waals surface area contributed by atoms with Crippen molar-refractivity contribution < 1.29 is 34.4 Å². The van der Waals surface area contributed by atoms with Crippen LogP contribution in [0.5, 0.6) is 11.5 Å². The van der Waals surface area contributed by atoms with E-state index >= 15 is 0 Å². The van der Waals surface area contributed by atoms with Crippen molar-refractivity contribution in [2.75, 3.05) is 32.2 Å². The SMILES string of the molecule is C=CCOC12Oc3ccc(O)cc3C3C(CCCCO)C(CCCCO)C=C(C(=NOC)CC1Sc1ccc(NC(C)=O)cc1)C32. The number of phenolic OH excluding ortho intramolecular Hbond substituents is 1. The molecule has 1 fully saturated rings. The number of phenols is 1. The molecular weight excluding hydrogens is 604 g/mol. The molecule has 2 aromatic carbocycles. The van der Waals surface area contributed by atoms with Gasteiger partial charge in [0, 0.05) is 48.6 Å². The minimum Gasteiger partial charge on any atom is -0.508 e. The summed E-state index contributed by atoms with van der Waals surface area (Å²) in [7, 11) is 1.56. The van der Waals surface area contributed by atoms with Gasteiger partial charge in [0.05, 0.1) is 23.5 Å². The Morgan fingerprint density at radius 3 is 2.54 bits per heavy atom. The van der Waals surface area contributed by atoms with Gasteiger partial charge in [-0.2, -0.15) is 0 Å². The molecule has 3 aliphatic rings. The summed E-state index contributed by atoms with van der Waals surface area (Å²) in [4.78, 5) is 18.0. The van der Waals surface area contributed by atoms with Crippen LogP contribution in [0.3, 0.4) is 0 Å². The maximum absolute atomic E-state index is 11.6. The molecule has 0 bridgehead atoms. The number of carbonyl (C=O) groups excluding carboxylic acids is 1.